The fraction of sp³-hybridized carbons (Fsp3) is 0.385. The summed E-state index contributed by atoms with van der Waals surface area (Å²) >= 11 is 3.33. The van der Waals surface area contributed by atoms with Crippen LogP contribution in [0, 0.1) is 5.92 Å². The second kappa shape index (κ2) is 5.32. The number of nitrogens with zero attached hydrogens (tertiary/aromatic N) is 4. The Balaban J connectivity index is 1.61. The summed E-state index contributed by atoms with van der Waals surface area (Å²) in [5.41, 5.74) is -0.848. The number of aromatic nitrogens is 3. The molecule has 8 heteroatoms. The highest BCUT2D eigenvalue weighted by Gasteiger charge is 2.34. The summed E-state index contributed by atoms with van der Waals surface area (Å²) in [4.78, 5) is 5.53. The summed E-state index contributed by atoms with van der Waals surface area (Å²) in [7, 11) is 0. The van der Waals surface area contributed by atoms with E-state index in [9.17, 15) is 13.2 Å². The van der Waals surface area contributed by atoms with Crippen LogP contribution in [0.2, 0.25) is 0 Å². The van der Waals surface area contributed by atoms with Crippen LogP contribution in [0.3, 0.4) is 0 Å². The molecule has 0 unspecified atom stereocenters. The molecular formula is C13H12BrF3N4. The van der Waals surface area contributed by atoms with E-state index >= 15 is 0 Å². The summed E-state index contributed by atoms with van der Waals surface area (Å²) in [6.45, 7) is 2.12. The van der Waals surface area contributed by atoms with E-state index in [0.717, 1.165) is 17.1 Å². The Morgan fingerprint density at radius 3 is 2.67 bits per heavy atom. The SMILES string of the molecule is FC(F)(F)c1cccc(N2CC(Cn3cc(Br)cn3)C2)n1. The maximum atomic E-state index is 12.6. The second-order valence-corrected chi connectivity index (χ2v) is 5.95. The lowest BCUT2D eigenvalue weighted by Crippen LogP contribution is -2.49. The first-order valence-corrected chi connectivity index (χ1v) is 7.18. The van der Waals surface area contributed by atoms with Crippen molar-refractivity contribution in [2.75, 3.05) is 18.0 Å². The summed E-state index contributed by atoms with van der Waals surface area (Å²) in [6, 6.07) is 3.99. The molecule has 3 rings (SSSR count). The number of halogens is 4. The van der Waals surface area contributed by atoms with E-state index in [1.54, 1.807) is 12.3 Å². The first-order chi connectivity index (χ1) is 9.91. The standard InChI is InChI=1S/C13H12BrF3N4/c14-10-4-18-21(8-10)7-9-5-20(6-9)12-3-1-2-11(19-12)13(15,16)17/h1-4,8-9H,5-7H2. The van der Waals surface area contributed by atoms with Gasteiger partial charge in [0.2, 0.25) is 0 Å². The van der Waals surface area contributed by atoms with Gasteiger partial charge in [-0.25, -0.2) is 4.98 Å². The van der Waals surface area contributed by atoms with Crippen molar-refractivity contribution >= 4 is 21.7 Å². The molecule has 0 N–H and O–H groups in total. The Bertz CT molecular complexity index is 634. The molecule has 2 aromatic rings. The highest BCUT2D eigenvalue weighted by atomic mass is 79.9. The number of pyridine rings is 1. The average Bonchev–Trinajstić information content (AvgIpc) is 2.78. The van der Waals surface area contributed by atoms with Gasteiger partial charge in [-0.3, -0.25) is 4.68 Å². The molecule has 3 heterocycles. The van der Waals surface area contributed by atoms with E-state index < -0.39 is 11.9 Å². The van der Waals surface area contributed by atoms with Gasteiger partial charge in [0.05, 0.1) is 10.7 Å². The smallest absolute Gasteiger partial charge is 0.356 e. The van der Waals surface area contributed by atoms with Crippen LogP contribution in [-0.4, -0.2) is 27.9 Å². The first-order valence-electron chi connectivity index (χ1n) is 6.39. The van der Waals surface area contributed by atoms with E-state index in [-0.39, 0.29) is 0 Å². The van der Waals surface area contributed by atoms with Gasteiger partial charge in [-0.2, -0.15) is 18.3 Å². The Morgan fingerprint density at radius 2 is 2.05 bits per heavy atom. The summed E-state index contributed by atoms with van der Waals surface area (Å²) in [5.74, 6) is 0.746. The zero-order valence-electron chi connectivity index (χ0n) is 10.9. The van der Waals surface area contributed by atoms with Gasteiger partial charge in [-0.1, -0.05) is 6.07 Å². The van der Waals surface area contributed by atoms with Crippen LogP contribution in [0.15, 0.2) is 35.1 Å². The molecule has 4 nitrogen and oxygen atoms in total. The predicted molar refractivity (Wildman–Crippen MR) is 74.9 cm³/mol. The van der Waals surface area contributed by atoms with Gasteiger partial charge in [0, 0.05) is 31.7 Å². The van der Waals surface area contributed by atoms with Crippen molar-refractivity contribution in [2.45, 2.75) is 12.7 Å². The van der Waals surface area contributed by atoms with E-state index in [1.165, 1.54) is 6.07 Å². The monoisotopic (exact) mass is 360 g/mol. The van der Waals surface area contributed by atoms with Crippen LogP contribution >= 0.6 is 15.9 Å². The van der Waals surface area contributed by atoms with E-state index in [2.05, 4.69) is 26.0 Å². The zero-order valence-corrected chi connectivity index (χ0v) is 12.5. The normalized spacial score (nSPS) is 16.1. The van der Waals surface area contributed by atoms with Crippen molar-refractivity contribution < 1.29 is 13.2 Å². The molecule has 0 amide bonds. The van der Waals surface area contributed by atoms with Gasteiger partial charge < -0.3 is 4.90 Å². The van der Waals surface area contributed by atoms with Crippen LogP contribution < -0.4 is 4.90 Å². The minimum Gasteiger partial charge on any atom is -0.356 e. The maximum Gasteiger partial charge on any atom is 0.433 e. The van der Waals surface area contributed by atoms with Crippen molar-refractivity contribution in [2.24, 2.45) is 5.92 Å². The van der Waals surface area contributed by atoms with E-state index in [0.29, 0.717) is 24.8 Å². The zero-order chi connectivity index (χ0) is 15.0. The van der Waals surface area contributed by atoms with Crippen molar-refractivity contribution in [3.63, 3.8) is 0 Å². The highest BCUT2D eigenvalue weighted by Crippen LogP contribution is 2.30. The molecule has 0 aliphatic carbocycles. The number of hydrogen-bond donors (Lipinski definition) is 0. The molecule has 0 bridgehead atoms. The number of hydrogen-bond acceptors (Lipinski definition) is 3. The Hall–Kier alpha value is -1.57. The lowest BCUT2D eigenvalue weighted by atomic mass is 10.0. The van der Waals surface area contributed by atoms with Crippen LogP contribution in [0.5, 0.6) is 0 Å². The number of alkyl halides is 3. The third-order valence-corrected chi connectivity index (χ3v) is 3.76. The van der Waals surface area contributed by atoms with Gasteiger partial charge in [0.15, 0.2) is 0 Å². The van der Waals surface area contributed by atoms with E-state index in [1.807, 2.05) is 15.8 Å². The second-order valence-electron chi connectivity index (χ2n) is 5.03. The van der Waals surface area contributed by atoms with Crippen LogP contribution in [0.1, 0.15) is 5.69 Å². The Morgan fingerprint density at radius 1 is 1.29 bits per heavy atom. The Kier molecular flexibility index (Phi) is 3.64. The molecule has 1 fully saturated rings. The fourth-order valence-corrected chi connectivity index (χ4v) is 2.66. The lowest BCUT2D eigenvalue weighted by Gasteiger charge is -2.40. The molecule has 0 spiro atoms. The quantitative estimate of drug-likeness (QED) is 0.842. The van der Waals surface area contributed by atoms with Crippen LogP contribution in [0.4, 0.5) is 19.0 Å². The summed E-state index contributed by atoms with van der Waals surface area (Å²) in [6.07, 6.45) is -0.808. The first kappa shape index (κ1) is 14.4. The highest BCUT2D eigenvalue weighted by molar-refractivity contribution is 9.10. The predicted octanol–water partition coefficient (Wildman–Crippen LogP) is 3.20. The van der Waals surface area contributed by atoms with Crippen LogP contribution in [-0.2, 0) is 12.7 Å². The maximum absolute atomic E-state index is 12.6. The molecule has 1 saturated heterocycles. The molecular weight excluding hydrogens is 349 g/mol. The third kappa shape index (κ3) is 3.20. The van der Waals surface area contributed by atoms with Crippen molar-refractivity contribution in [3.05, 3.63) is 40.8 Å². The van der Waals surface area contributed by atoms with Gasteiger partial charge in [-0.05, 0) is 28.1 Å². The number of anilines is 1. The fourth-order valence-electron chi connectivity index (χ4n) is 2.33. The van der Waals surface area contributed by atoms with Gasteiger partial charge in [-0.15, -0.1) is 0 Å². The largest absolute Gasteiger partial charge is 0.433 e. The lowest BCUT2D eigenvalue weighted by molar-refractivity contribution is -0.141. The molecule has 2 aromatic heterocycles. The molecule has 0 radical (unpaired) electrons. The summed E-state index contributed by atoms with van der Waals surface area (Å²) in [5, 5.41) is 4.17. The molecule has 112 valence electrons. The van der Waals surface area contributed by atoms with Crippen molar-refractivity contribution in [1.29, 1.82) is 0 Å². The van der Waals surface area contributed by atoms with Gasteiger partial charge in [0.1, 0.15) is 11.5 Å². The average molecular weight is 361 g/mol. The van der Waals surface area contributed by atoms with E-state index in [4.69, 9.17) is 0 Å². The number of rotatable bonds is 3. The molecule has 0 aromatic carbocycles. The minimum atomic E-state index is -4.40. The van der Waals surface area contributed by atoms with Gasteiger partial charge in [0.25, 0.3) is 0 Å². The van der Waals surface area contributed by atoms with Crippen molar-refractivity contribution in [3.8, 4) is 0 Å². The minimum absolute atomic E-state index is 0.369. The molecule has 1 aliphatic rings. The molecule has 0 saturated carbocycles. The molecule has 21 heavy (non-hydrogen) atoms. The van der Waals surface area contributed by atoms with Crippen molar-refractivity contribution in [1.82, 2.24) is 14.8 Å². The third-order valence-electron chi connectivity index (χ3n) is 3.35. The topological polar surface area (TPSA) is 34.0 Å². The van der Waals surface area contributed by atoms with Crippen LogP contribution in [0.25, 0.3) is 0 Å². The molecule has 1 aliphatic heterocycles. The summed E-state index contributed by atoms with van der Waals surface area (Å²) < 4.78 is 40.6. The Labute approximate surface area is 127 Å². The molecule has 0 atom stereocenters. The van der Waals surface area contributed by atoms with Gasteiger partial charge >= 0.3 is 6.18 Å².